The molecule has 39 heteroatoms. The van der Waals surface area contributed by atoms with E-state index in [1.807, 2.05) is 86.8 Å². The van der Waals surface area contributed by atoms with Crippen molar-refractivity contribution < 1.29 is 147 Å². The number of methoxy groups -OCH3 is 1. The average molecular weight is 1740 g/mol. The Kier molecular flexibility index (Phi) is 63.8. The Morgan fingerprint density at radius 2 is 0.817 bits per heavy atom. The molecule has 0 radical (unpaired) electrons. The minimum Gasteiger partial charge on any atom is -0.444 e. The van der Waals surface area contributed by atoms with Gasteiger partial charge in [0.1, 0.15) is 19.4 Å². The van der Waals surface area contributed by atoms with E-state index in [-0.39, 0.29) is 235 Å². The van der Waals surface area contributed by atoms with Crippen LogP contribution in [0.5, 0.6) is 0 Å². The van der Waals surface area contributed by atoms with E-state index in [0.29, 0.717) is 47.9 Å². The Bertz CT molecular complexity index is 2910. The lowest BCUT2D eigenvalue weighted by molar-refractivity contribution is -0.242. The van der Waals surface area contributed by atoms with Gasteiger partial charge < -0.3 is 139 Å². The number of aryl methyl sites for hydroxylation is 1. The fraction of sp³-hybridized carbons (Fsp3) is 0.697. The van der Waals surface area contributed by atoms with E-state index in [2.05, 4.69) is 57.5 Å². The smallest absolute Gasteiger partial charge is 0.309 e. The second-order valence-corrected chi connectivity index (χ2v) is 33.2. The van der Waals surface area contributed by atoms with Gasteiger partial charge in [0.05, 0.1) is 37.5 Å². The molecule has 0 aromatic heterocycles. The van der Waals surface area contributed by atoms with E-state index in [4.69, 9.17) is 135 Å². The Morgan fingerprint density at radius 3 is 1.23 bits per heavy atom. The van der Waals surface area contributed by atoms with Crippen molar-refractivity contribution in [1.29, 1.82) is 0 Å². The van der Waals surface area contributed by atoms with E-state index in [1.165, 1.54) is 28.7 Å². The molecule has 3 aromatic carbocycles. The summed E-state index contributed by atoms with van der Waals surface area (Å²) in [5, 5.41) is 9.57. The van der Waals surface area contributed by atoms with Crippen LogP contribution in [0.2, 0.25) is 5.02 Å². The fourth-order valence-corrected chi connectivity index (χ4v) is 14.8. The minimum atomic E-state index is -1.37. The molecule has 0 bridgehead atoms. The average Bonchev–Trinajstić information content (AvgIpc) is 0.746. The van der Waals surface area contributed by atoms with Crippen LogP contribution in [0, 0.1) is 18.8 Å². The molecule has 0 aliphatic carbocycles. The van der Waals surface area contributed by atoms with Crippen LogP contribution in [-0.4, -0.2) is 260 Å². The molecule has 34 nitrogen and oxygen atoms in total. The van der Waals surface area contributed by atoms with Gasteiger partial charge >= 0.3 is 5.97 Å². The van der Waals surface area contributed by atoms with Crippen LogP contribution in [0.4, 0.5) is 0 Å². The van der Waals surface area contributed by atoms with Gasteiger partial charge in [-0.1, -0.05) is 175 Å². The number of ether oxygens (including phenoxy) is 26. The van der Waals surface area contributed by atoms with E-state index in [9.17, 15) is 24.0 Å². The van der Waals surface area contributed by atoms with Gasteiger partial charge in [-0.25, -0.2) is 0 Å². The van der Waals surface area contributed by atoms with Crippen LogP contribution < -0.4 is 16.0 Å². The van der Waals surface area contributed by atoms with Gasteiger partial charge in [-0.2, -0.15) is 0 Å². The second-order valence-electron chi connectivity index (χ2n) is 26.5. The number of carbonyl (C=O) groups is 5. The first kappa shape index (κ1) is 105. The third-order valence-electron chi connectivity index (χ3n) is 14.5. The van der Waals surface area contributed by atoms with Crippen LogP contribution in [0.15, 0.2) is 78.9 Å². The summed E-state index contributed by atoms with van der Waals surface area (Å²) in [6.45, 7) is 13.7. The van der Waals surface area contributed by atoms with Gasteiger partial charge in [-0.3, -0.25) is 24.0 Å². The van der Waals surface area contributed by atoms with Crippen LogP contribution in [-0.2, 0) is 153 Å². The topological polar surface area (TPSA) is 361 Å². The first-order valence-corrected chi connectivity index (χ1v) is 42.1. The van der Waals surface area contributed by atoms with Crippen molar-refractivity contribution in [3.8, 4) is 0 Å². The number of unbranched alkanes of at least 4 members (excludes halogenated alkanes) is 1. The standard InChI is InChI=1S/C76H122ClN3O31S4/c1-61-24-26-65(27-25-61)76(64-18-11-10-12-19-64,67-21-13-14-22-68(67)77)111-71(83)28-32-87-33-30-79-72(84)63(37-113-115-75(5,6)7)35-70(82)69(23-15-16-29-78-8)80-73(85)62(36-112-114-74(2,3)4)34-66(81)20-17-31-88-39-90-41-92-43-94-45-96-47-98-49-100-51-102-53-104-55-106-57-108-59-110-60-109-58-107-56-105-54-103-52-101-50-99-48-97-46-95-44-93-42-91-40-89-38-86-9/h10-14,18-19,21-22,24-27,62-63,69,78H,15-17,20,23,28-60H2,1-9H3,(H,79,84)(H,80,85)/t62-,63-,69-,76?/m0/s1. The number of halogens is 1. The number of Topliss-reactive ketones (excluding diaryl/α,β-unsaturated/α-hetero) is 2. The molecule has 0 saturated carbocycles. The summed E-state index contributed by atoms with van der Waals surface area (Å²) in [4.78, 5) is 70.5. The van der Waals surface area contributed by atoms with Crippen molar-refractivity contribution >= 4 is 84.1 Å². The Morgan fingerprint density at radius 1 is 0.417 bits per heavy atom. The molecule has 0 spiro atoms. The van der Waals surface area contributed by atoms with Crippen LogP contribution in [0.25, 0.3) is 0 Å². The number of benzene rings is 3. The number of carbonyl (C=O) groups excluding carboxylic acids is 5. The van der Waals surface area contributed by atoms with Crippen molar-refractivity contribution in [1.82, 2.24) is 16.0 Å². The number of rotatable bonds is 79. The molecule has 115 heavy (non-hydrogen) atoms. The maximum atomic E-state index is 14.5. The summed E-state index contributed by atoms with van der Waals surface area (Å²) in [5.74, 6) is -2.47. The molecule has 3 N–H and O–H groups in total. The number of hydrogen-bond acceptors (Lipinski definition) is 36. The molecule has 3 rings (SSSR count). The normalized spacial score (nSPS) is 13.2. The predicted octanol–water partition coefficient (Wildman–Crippen LogP) is 10.2. The minimum absolute atomic E-state index is 0.00569. The number of amides is 2. The third-order valence-corrected chi connectivity index (χ3v) is 21.6. The Balaban J connectivity index is 1.24. The molecule has 658 valence electrons. The van der Waals surface area contributed by atoms with Crippen LogP contribution in [0.1, 0.15) is 115 Å². The molecule has 0 aliphatic rings. The number of esters is 1. The van der Waals surface area contributed by atoms with Crippen molar-refractivity contribution in [2.45, 2.75) is 121 Å². The molecule has 0 aliphatic heterocycles. The molecule has 2 amide bonds. The SMILES string of the molecule is CNCCCC[C@H](NC(=O)[C@H](CSSC(C)(C)C)CC(=O)CCCOCOCOCOCOCOCOCOCOCOCOCOCOCOCOCOCOCOCOCOCOCOCOCOC)C(=O)C[C@@H](CSSC(C)(C)C)C(=O)NCCOCCC(=O)OC(c1ccccc1)(c1ccc(C)cc1)c1ccccc1Cl. The number of nitrogens with one attached hydrogen (secondary N) is 3. The summed E-state index contributed by atoms with van der Waals surface area (Å²) in [6.07, 6.45) is 2.01. The number of hydrogen-bond donors (Lipinski definition) is 3. The lowest BCUT2D eigenvalue weighted by Crippen LogP contribution is -2.46. The number of ketones is 2. The highest BCUT2D eigenvalue weighted by molar-refractivity contribution is 8.77. The van der Waals surface area contributed by atoms with E-state index < -0.39 is 35.4 Å². The van der Waals surface area contributed by atoms with Gasteiger partial charge in [0.25, 0.3) is 0 Å². The van der Waals surface area contributed by atoms with Crippen molar-refractivity contribution in [2.24, 2.45) is 11.8 Å². The summed E-state index contributed by atoms with van der Waals surface area (Å²) in [5.41, 5.74) is 1.72. The van der Waals surface area contributed by atoms with Crippen molar-refractivity contribution in [3.63, 3.8) is 0 Å². The lowest BCUT2D eigenvalue weighted by atomic mass is 9.79. The van der Waals surface area contributed by atoms with Gasteiger partial charge in [-0.15, -0.1) is 0 Å². The zero-order valence-corrected chi connectivity index (χ0v) is 71.8. The monoisotopic (exact) mass is 1740 g/mol. The molecule has 0 saturated heterocycles. The molecule has 3 aromatic rings. The highest BCUT2D eigenvalue weighted by Gasteiger charge is 2.42. The molecular weight excluding hydrogens is 1610 g/mol. The predicted molar refractivity (Wildman–Crippen MR) is 427 cm³/mol. The first-order valence-electron chi connectivity index (χ1n) is 37.1. The zero-order valence-electron chi connectivity index (χ0n) is 67.8. The Hall–Kier alpha value is -3.94. The fourth-order valence-electron chi connectivity index (χ4n) is 9.34. The maximum Gasteiger partial charge on any atom is 0.309 e. The molecule has 1 unspecified atom stereocenters. The van der Waals surface area contributed by atoms with Crippen molar-refractivity contribution in [3.05, 3.63) is 106 Å². The molecular formula is C76H122ClN3O31S4. The summed E-state index contributed by atoms with van der Waals surface area (Å²) < 4.78 is 135. The largest absolute Gasteiger partial charge is 0.444 e. The van der Waals surface area contributed by atoms with Crippen LogP contribution in [0.3, 0.4) is 0 Å². The van der Waals surface area contributed by atoms with E-state index >= 15 is 0 Å². The maximum absolute atomic E-state index is 14.5. The van der Waals surface area contributed by atoms with Crippen molar-refractivity contribution in [2.75, 3.05) is 215 Å². The highest BCUT2D eigenvalue weighted by Crippen LogP contribution is 2.44. The van der Waals surface area contributed by atoms with E-state index in [0.717, 1.165) is 23.1 Å². The van der Waals surface area contributed by atoms with E-state index in [1.54, 1.807) is 27.7 Å². The van der Waals surface area contributed by atoms with Gasteiger partial charge in [-0.05, 0) is 52.3 Å². The third kappa shape index (κ3) is 55.6. The van der Waals surface area contributed by atoms with Gasteiger partial charge in [0, 0.05) is 82.2 Å². The van der Waals surface area contributed by atoms with Crippen LogP contribution >= 0.6 is 54.8 Å². The highest BCUT2D eigenvalue weighted by atomic mass is 35.5. The summed E-state index contributed by atoms with van der Waals surface area (Å²) >= 11 is 6.87. The summed E-state index contributed by atoms with van der Waals surface area (Å²) in [7, 11) is 9.58. The van der Waals surface area contributed by atoms with Gasteiger partial charge in [0.2, 0.25) is 11.8 Å². The van der Waals surface area contributed by atoms with Gasteiger partial charge in [0.15, 0.2) is 154 Å². The molecule has 0 heterocycles. The second kappa shape index (κ2) is 69.7. The Labute approximate surface area is 697 Å². The first-order chi connectivity index (χ1) is 55.8. The zero-order chi connectivity index (χ0) is 83.4. The summed E-state index contributed by atoms with van der Waals surface area (Å²) in [6, 6.07) is 23.7. The molecule has 4 atom stereocenters. The molecule has 0 fully saturated rings. The lowest BCUT2D eigenvalue weighted by Gasteiger charge is -2.36. The quantitative estimate of drug-likeness (QED) is 0.0155.